The molecule has 3 aliphatic rings. The van der Waals surface area contributed by atoms with Crippen LogP contribution >= 0.6 is 45.7 Å². The predicted molar refractivity (Wildman–Crippen MR) is 142 cm³/mol. The van der Waals surface area contributed by atoms with E-state index in [1.54, 1.807) is 0 Å². The number of fused-ring (bicyclic) bond motifs is 3. The van der Waals surface area contributed by atoms with Gasteiger partial charge < -0.3 is 0 Å². The van der Waals surface area contributed by atoms with Gasteiger partial charge in [0.2, 0.25) is 0 Å². The van der Waals surface area contributed by atoms with Gasteiger partial charge in [-0.15, -0.1) is 0 Å². The van der Waals surface area contributed by atoms with Crippen LogP contribution in [0.1, 0.15) is 38.5 Å². The summed E-state index contributed by atoms with van der Waals surface area (Å²) in [5.41, 5.74) is 5.59. The summed E-state index contributed by atoms with van der Waals surface area (Å²) < 4.78 is 8.12. The van der Waals surface area contributed by atoms with E-state index < -0.39 is 0 Å². The molecule has 1 aromatic heterocycles. The zero-order valence-electron chi connectivity index (χ0n) is 18.0. The number of halogens is 2. The summed E-state index contributed by atoms with van der Waals surface area (Å²) in [6.45, 7) is 0. The predicted octanol–water partition coefficient (Wildman–Crippen LogP) is 7.49. The van der Waals surface area contributed by atoms with E-state index in [1.807, 2.05) is 0 Å². The number of hydrogen-bond acceptors (Lipinski definition) is 1. The Labute approximate surface area is 224 Å². The fraction of sp³-hybridized carbons (Fsp3) is 0.400. The molecular weight excluding hydrogens is 791 g/mol. The zero-order valence-corrected chi connectivity index (χ0v) is 24.6. The van der Waals surface area contributed by atoms with Crippen LogP contribution < -0.4 is 0 Å². The number of nitrogens with zero attached hydrogens (tertiary/aromatic N) is 3. The third kappa shape index (κ3) is 4.99. The number of imidazole rings is 1. The second-order valence-electron chi connectivity index (χ2n) is 8.73. The van der Waals surface area contributed by atoms with E-state index >= 15 is 0 Å². The molecule has 3 aromatic rings. The summed E-state index contributed by atoms with van der Waals surface area (Å²) in [7, 11) is 4.24. The van der Waals surface area contributed by atoms with Crippen LogP contribution in [-0.4, -0.2) is 16.0 Å². The van der Waals surface area contributed by atoms with Gasteiger partial charge in [-0.2, -0.15) is 1.33 Å². The molecule has 1 heterocycles. The van der Waals surface area contributed by atoms with E-state index in [0.29, 0.717) is 5.54 Å². The second-order valence-corrected chi connectivity index (χ2v) is 13.5. The summed E-state index contributed by atoms with van der Waals surface area (Å²) in [5, 5.41) is 0. The van der Waals surface area contributed by atoms with Gasteiger partial charge in [-0.05, 0) is 44.4 Å². The Balaban J connectivity index is 0.000000177. The molecule has 2 aromatic carbocycles. The maximum absolute atomic E-state index is 2.46. The molecule has 3 aliphatic carbocycles. The first-order valence-electron chi connectivity index (χ1n) is 10.9. The summed E-state index contributed by atoms with van der Waals surface area (Å²) in [5.74, 6) is 1.09. The number of aromatic nitrogens is 2. The average molecular weight is 820 g/mol. The number of rotatable bonds is 3. The molecule has 3 fully saturated rings. The SMILES string of the molecule is Cn1c(-c2ccccc2)c(-c2ccccc2)n(C)[c]1=[Pt].IN(I)C12CCC(CC1)CC2. The summed E-state index contributed by atoms with van der Waals surface area (Å²) in [6, 6.07) is 21.1. The van der Waals surface area contributed by atoms with Crippen LogP contribution in [0.15, 0.2) is 60.7 Å². The van der Waals surface area contributed by atoms with Crippen molar-refractivity contribution >= 4 is 45.7 Å². The van der Waals surface area contributed by atoms with Gasteiger partial charge in [0.15, 0.2) is 0 Å². The van der Waals surface area contributed by atoms with Crippen molar-refractivity contribution in [1.82, 2.24) is 10.5 Å². The van der Waals surface area contributed by atoms with Crippen molar-refractivity contribution in [3.8, 4) is 22.5 Å². The zero-order chi connectivity index (χ0) is 22.0. The third-order valence-corrected chi connectivity index (χ3v) is 10.5. The Morgan fingerprint density at radius 1 is 0.774 bits per heavy atom. The van der Waals surface area contributed by atoms with Crippen LogP contribution in [-0.2, 0) is 33.4 Å². The molecule has 6 rings (SSSR count). The molecule has 6 heteroatoms. The quantitative estimate of drug-likeness (QED) is 0.198. The molecule has 0 saturated heterocycles. The fourth-order valence-electron chi connectivity index (χ4n) is 5.05. The first-order valence-corrected chi connectivity index (χ1v) is 13.9. The topological polar surface area (TPSA) is 13.1 Å². The molecular formula is C25H29I2N3Pt. The number of benzene rings is 2. The van der Waals surface area contributed by atoms with Crippen molar-refractivity contribution in [3.63, 3.8) is 0 Å². The summed E-state index contributed by atoms with van der Waals surface area (Å²) >= 11 is 7.30. The minimum Gasteiger partial charge on any atom is -0.182 e. The van der Waals surface area contributed by atoms with E-state index in [1.165, 1.54) is 64.8 Å². The molecule has 0 atom stereocenters. The van der Waals surface area contributed by atoms with Crippen molar-refractivity contribution in [3.05, 3.63) is 64.5 Å². The maximum Gasteiger partial charge on any atom is 0.0408 e. The van der Waals surface area contributed by atoms with Gasteiger partial charge in [-0.1, -0.05) is 0 Å². The molecule has 3 saturated carbocycles. The molecule has 0 radical (unpaired) electrons. The molecule has 0 amide bonds. The maximum atomic E-state index is 2.46. The van der Waals surface area contributed by atoms with Crippen LogP contribution in [0.4, 0.5) is 0 Å². The van der Waals surface area contributed by atoms with Crippen molar-refractivity contribution in [1.29, 1.82) is 0 Å². The molecule has 0 unspecified atom stereocenters. The second kappa shape index (κ2) is 10.4. The Hall–Kier alpha value is -0.242. The van der Waals surface area contributed by atoms with Gasteiger partial charge in [0.05, 0.1) is 0 Å². The van der Waals surface area contributed by atoms with Crippen LogP contribution in [0.2, 0.25) is 0 Å². The van der Waals surface area contributed by atoms with Crippen LogP contribution in [0.3, 0.4) is 0 Å². The Bertz CT molecular complexity index is 986. The van der Waals surface area contributed by atoms with Crippen LogP contribution in [0.25, 0.3) is 22.5 Å². The van der Waals surface area contributed by atoms with Gasteiger partial charge in [0, 0.05) is 51.3 Å². The van der Waals surface area contributed by atoms with Gasteiger partial charge in [-0.3, -0.25) is 0 Å². The van der Waals surface area contributed by atoms with Crippen molar-refractivity contribution < 1.29 is 19.4 Å². The third-order valence-electron chi connectivity index (χ3n) is 6.91. The van der Waals surface area contributed by atoms with Gasteiger partial charge in [0.1, 0.15) is 0 Å². The normalized spacial score (nSPS) is 22.4. The first kappa shape index (κ1) is 23.9. The number of hydrogen-bond donors (Lipinski definition) is 0. The van der Waals surface area contributed by atoms with Gasteiger partial charge >= 0.3 is 130 Å². The van der Waals surface area contributed by atoms with E-state index in [-0.39, 0.29) is 0 Å². The molecule has 31 heavy (non-hydrogen) atoms. The van der Waals surface area contributed by atoms with Crippen LogP contribution in [0.5, 0.6) is 0 Å². The monoisotopic (exact) mass is 820 g/mol. The molecule has 3 nitrogen and oxygen atoms in total. The molecule has 0 aliphatic heterocycles. The van der Waals surface area contributed by atoms with E-state index in [4.69, 9.17) is 0 Å². The average Bonchev–Trinajstić information content (AvgIpc) is 3.06. The Kier molecular flexibility index (Phi) is 7.98. The minimum absolute atomic E-state index is 0.593. The van der Waals surface area contributed by atoms with E-state index in [0.717, 1.165) is 5.92 Å². The smallest absolute Gasteiger partial charge is 0.0408 e. The van der Waals surface area contributed by atoms with Gasteiger partial charge in [0.25, 0.3) is 0 Å². The van der Waals surface area contributed by atoms with Crippen molar-refractivity contribution in [2.24, 2.45) is 20.0 Å². The standard InChI is InChI=1S/C17H16N2.C8H13I2N.Pt/c1-18-13-19(2)17(15-11-7-4-8-12-15)16(18)14-9-5-3-6-10-14;9-11(10)8-4-1-7(2-5-8)3-6-8;/h3-12H,1-2H3;7H,1-6H2;. The Morgan fingerprint density at radius 2 is 1.16 bits per heavy atom. The summed E-state index contributed by atoms with van der Waals surface area (Å²) in [4.78, 5) is 0. The fourth-order valence-corrected chi connectivity index (χ4v) is 7.00. The van der Waals surface area contributed by atoms with Crippen LogP contribution in [0, 0.1) is 9.72 Å². The van der Waals surface area contributed by atoms with Crippen molar-refractivity contribution in [2.45, 2.75) is 44.1 Å². The van der Waals surface area contributed by atoms with E-state index in [2.05, 4.69) is 150 Å². The Morgan fingerprint density at radius 3 is 1.48 bits per heavy atom. The molecule has 168 valence electrons. The van der Waals surface area contributed by atoms with Gasteiger partial charge in [-0.25, -0.2) is 0 Å². The first-order chi connectivity index (χ1) is 14.9. The minimum atomic E-state index is 0.593. The molecule has 2 bridgehead atoms. The van der Waals surface area contributed by atoms with Crippen molar-refractivity contribution in [2.75, 3.05) is 0 Å². The largest absolute Gasteiger partial charge is 0.182 e. The summed E-state index contributed by atoms with van der Waals surface area (Å²) in [6.07, 6.45) is 8.81. The molecule has 0 spiro atoms. The van der Waals surface area contributed by atoms with E-state index in [9.17, 15) is 0 Å². The molecule has 0 N–H and O–H groups in total.